The van der Waals surface area contributed by atoms with Crippen molar-refractivity contribution in [1.82, 2.24) is 8.61 Å². The van der Waals surface area contributed by atoms with Crippen LogP contribution in [0.1, 0.15) is 12.8 Å². The zero-order valence-electron chi connectivity index (χ0n) is 12.6. The van der Waals surface area contributed by atoms with Gasteiger partial charge in [-0.2, -0.15) is 17.0 Å². The van der Waals surface area contributed by atoms with Gasteiger partial charge in [0.15, 0.2) is 0 Å². The van der Waals surface area contributed by atoms with Crippen LogP contribution in [0.5, 0.6) is 0 Å². The average molecular weight is 346 g/mol. The van der Waals surface area contributed by atoms with Gasteiger partial charge in [-0.05, 0) is 25.0 Å². The van der Waals surface area contributed by atoms with E-state index < -0.39 is 10.2 Å². The van der Waals surface area contributed by atoms with Gasteiger partial charge in [-0.25, -0.2) is 0 Å². The number of nitrogens with zero attached hydrogens (tertiary/aromatic N) is 2. The number of hydrogen-bond acceptors (Lipinski definition) is 3. The Morgan fingerprint density at radius 3 is 2.41 bits per heavy atom. The Bertz CT molecular complexity index is 640. The van der Waals surface area contributed by atoms with E-state index in [0.717, 1.165) is 0 Å². The summed E-state index contributed by atoms with van der Waals surface area (Å²) in [7, 11) is -0.390. The Hall–Kier alpha value is -1.15. The summed E-state index contributed by atoms with van der Waals surface area (Å²) in [5, 5.41) is 3.30. The number of rotatable bonds is 4. The van der Waals surface area contributed by atoms with Crippen molar-refractivity contribution in [3.8, 4) is 0 Å². The lowest BCUT2D eigenvalue weighted by molar-refractivity contribution is -0.120. The molecule has 0 radical (unpaired) electrons. The number of hydrogen-bond donors (Lipinski definition) is 1. The minimum atomic E-state index is -3.40. The first kappa shape index (κ1) is 17.2. The van der Waals surface area contributed by atoms with E-state index in [1.807, 2.05) is 0 Å². The number of carbonyl (C=O) groups excluding carboxylic acids is 1. The van der Waals surface area contributed by atoms with Gasteiger partial charge in [0.2, 0.25) is 5.91 Å². The molecule has 0 spiro atoms. The molecule has 1 fully saturated rings. The van der Waals surface area contributed by atoms with Crippen LogP contribution in [-0.4, -0.2) is 50.1 Å². The van der Waals surface area contributed by atoms with Gasteiger partial charge in [-0.1, -0.05) is 23.7 Å². The number of piperidine rings is 1. The van der Waals surface area contributed by atoms with Crippen molar-refractivity contribution in [2.24, 2.45) is 5.92 Å². The van der Waals surface area contributed by atoms with Crippen LogP contribution in [0.4, 0.5) is 5.69 Å². The van der Waals surface area contributed by atoms with Gasteiger partial charge in [-0.15, -0.1) is 0 Å². The van der Waals surface area contributed by atoms with Gasteiger partial charge in [0.05, 0.1) is 10.7 Å². The highest BCUT2D eigenvalue weighted by Crippen LogP contribution is 2.25. The van der Waals surface area contributed by atoms with Gasteiger partial charge in [0, 0.05) is 33.1 Å². The maximum Gasteiger partial charge on any atom is 0.281 e. The molecule has 0 saturated carbocycles. The van der Waals surface area contributed by atoms with Crippen molar-refractivity contribution in [2.75, 3.05) is 32.5 Å². The fourth-order valence-electron chi connectivity index (χ4n) is 2.38. The fraction of sp³-hybridized carbons (Fsp3) is 0.500. The lowest BCUT2D eigenvalue weighted by atomic mass is 9.97. The maximum absolute atomic E-state index is 12.3. The molecule has 1 amide bonds. The number of nitrogens with one attached hydrogen (secondary N) is 1. The summed E-state index contributed by atoms with van der Waals surface area (Å²) < 4.78 is 26.7. The van der Waals surface area contributed by atoms with Gasteiger partial charge in [0.1, 0.15) is 0 Å². The SMILES string of the molecule is CN(C)S(=O)(=O)N1CCC(C(=O)Nc2ccccc2Cl)CC1. The molecule has 6 nitrogen and oxygen atoms in total. The third kappa shape index (κ3) is 3.78. The Kier molecular flexibility index (Phi) is 5.44. The summed E-state index contributed by atoms with van der Waals surface area (Å²) in [4.78, 5) is 12.3. The van der Waals surface area contributed by atoms with Crippen molar-refractivity contribution in [3.05, 3.63) is 29.3 Å². The Labute approximate surface area is 136 Å². The zero-order chi connectivity index (χ0) is 16.3. The van der Waals surface area contributed by atoms with Crippen LogP contribution in [0.15, 0.2) is 24.3 Å². The first-order valence-corrected chi connectivity index (χ1v) is 8.83. The summed E-state index contributed by atoms with van der Waals surface area (Å²) in [6.45, 7) is 0.697. The van der Waals surface area contributed by atoms with Gasteiger partial charge in [0.25, 0.3) is 10.2 Å². The Morgan fingerprint density at radius 2 is 1.86 bits per heavy atom. The topological polar surface area (TPSA) is 69.7 Å². The van der Waals surface area contributed by atoms with Gasteiger partial charge in [-0.3, -0.25) is 4.79 Å². The van der Waals surface area contributed by atoms with E-state index in [-0.39, 0.29) is 11.8 Å². The van der Waals surface area contributed by atoms with E-state index in [1.165, 1.54) is 22.7 Å². The van der Waals surface area contributed by atoms with Crippen LogP contribution in [-0.2, 0) is 15.0 Å². The van der Waals surface area contributed by atoms with Gasteiger partial charge < -0.3 is 5.32 Å². The van der Waals surface area contributed by atoms with E-state index in [9.17, 15) is 13.2 Å². The fourth-order valence-corrected chi connectivity index (χ4v) is 3.69. The molecule has 1 aromatic carbocycles. The van der Waals surface area contributed by atoms with Crippen molar-refractivity contribution in [2.45, 2.75) is 12.8 Å². The molecule has 0 aromatic heterocycles. The number of halogens is 1. The molecule has 0 unspecified atom stereocenters. The monoisotopic (exact) mass is 345 g/mol. The third-order valence-corrected chi connectivity index (χ3v) is 6.01. The number of benzene rings is 1. The molecule has 0 bridgehead atoms. The molecule has 1 heterocycles. The molecular formula is C14H20ClN3O3S. The van der Waals surface area contributed by atoms with E-state index in [4.69, 9.17) is 11.6 Å². The molecule has 1 saturated heterocycles. The van der Waals surface area contributed by atoms with Crippen molar-refractivity contribution >= 4 is 33.4 Å². The van der Waals surface area contributed by atoms with Crippen molar-refractivity contribution < 1.29 is 13.2 Å². The molecule has 0 atom stereocenters. The van der Waals surface area contributed by atoms with Crippen LogP contribution in [0, 0.1) is 5.92 Å². The quantitative estimate of drug-likeness (QED) is 0.904. The highest BCUT2D eigenvalue weighted by atomic mass is 35.5. The lowest BCUT2D eigenvalue weighted by Gasteiger charge is -2.32. The highest BCUT2D eigenvalue weighted by Gasteiger charge is 2.32. The summed E-state index contributed by atoms with van der Waals surface area (Å²) in [6.07, 6.45) is 1.01. The van der Waals surface area contributed by atoms with Gasteiger partial charge >= 0.3 is 0 Å². The summed E-state index contributed by atoms with van der Waals surface area (Å²) >= 11 is 6.02. The van der Waals surface area contributed by atoms with Crippen LogP contribution >= 0.6 is 11.6 Å². The normalized spacial score (nSPS) is 17.6. The smallest absolute Gasteiger partial charge is 0.281 e. The average Bonchev–Trinajstić information content (AvgIpc) is 2.49. The van der Waals surface area contributed by atoms with Crippen LogP contribution in [0.3, 0.4) is 0 Å². The molecule has 122 valence electrons. The predicted octanol–water partition coefficient (Wildman–Crippen LogP) is 1.80. The third-order valence-electron chi connectivity index (χ3n) is 3.74. The molecule has 1 aliphatic heterocycles. The number of amides is 1. The number of anilines is 1. The largest absolute Gasteiger partial charge is 0.325 e. The second kappa shape index (κ2) is 6.95. The zero-order valence-corrected chi connectivity index (χ0v) is 14.2. The number of carbonyl (C=O) groups is 1. The van der Waals surface area contributed by atoms with Crippen LogP contribution < -0.4 is 5.32 Å². The van der Waals surface area contributed by atoms with Crippen LogP contribution in [0.2, 0.25) is 5.02 Å². The molecule has 0 aliphatic carbocycles. The lowest BCUT2D eigenvalue weighted by Crippen LogP contribution is -2.46. The van der Waals surface area contributed by atoms with E-state index >= 15 is 0 Å². The first-order chi connectivity index (χ1) is 10.3. The summed E-state index contributed by atoms with van der Waals surface area (Å²) in [5.41, 5.74) is 0.581. The van der Waals surface area contributed by atoms with Crippen molar-refractivity contribution in [1.29, 1.82) is 0 Å². The number of para-hydroxylation sites is 1. The minimum absolute atomic E-state index is 0.116. The van der Waals surface area contributed by atoms with Crippen molar-refractivity contribution in [3.63, 3.8) is 0 Å². The Morgan fingerprint density at radius 1 is 1.27 bits per heavy atom. The first-order valence-electron chi connectivity index (χ1n) is 7.05. The minimum Gasteiger partial charge on any atom is -0.325 e. The van der Waals surface area contributed by atoms with E-state index in [2.05, 4.69) is 5.32 Å². The second-order valence-electron chi connectivity index (χ2n) is 5.43. The predicted molar refractivity (Wildman–Crippen MR) is 87.0 cm³/mol. The Balaban J connectivity index is 1.95. The molecule has 8 heteroatoms. The summed E-state index contributed by atoms with van der Waals surface area (Å²) in [5.74, 6) is -0.320. The maximum atomic E-state index is 12.3. The standard InChI is InChI=1S/C14H20ClN3O3S/c1-17(2)22(20,21)18-9-7-11(8-10-18)14(19)16-13-6-4-3-5-12(13)15/h3-6,11H,7-10H2,1-2H3,(H,16,19). The van der Waals surface area contributed by atoms with E-state index in [1.54, 1.807) is 24.3 Å². The molecule has 1 aromatic rings. The molecule has 1 N–H and O–H groups in total. The molecule has 22 heavy (non-hydrogen) atoms. The molecule has 1 aliphatic rings. The summed E-state index contributed by atoms with van der Waals surface area (Å²) in [6, 6.07) is 7.05. The second-order valence-corrected chi connectivity index (χ2v) is 7.98. The molecular weight excluding hydrogens is 326 g/mol. The van der Waals surface area contributed by atoms with Crippen LogP contribution in [0.25, 0.3) is 0 Å². The molecule has 2 rings (SSSR count). The van der Waals surface area contributed by atoms with E-state index in [0.29, 0.717) is 36.6 Å². The highest BCUT2D eigenvalue weighted by molar-refractivity contribution is 7.86.